The Morgan fingerprint density at radius 2 is 1.86 bits per heavy atom. The van der Waals surface area contributed by atoms with Gasteiger partial charge < -0.3 is 19.7 Å². The summed E-state index contributed by atoms with van der Waals surface area (Å²) in [7, 11) is 0. The van der Waals surface area contributed by atoms with Crippen LogP contribution in [0.15, 0.2) is 42.1 Å². The number of piperidine rings is 1. The zero-order valence-corrected chi connectivity index (χ0v) is 27.6. The standard InChI is InChI=1S/C32H33Cl4N3O3S/c1-18-12-24(34)31(25(35)13-18)42-11-10-41-17-28-37-15-27(43-28)22-14-20-5-3-7-26(38-20)29(22)32(40)39(21-8-9-21)16-19-4-2-6-23(33)30(19)36/h2,4,6,12-13,15,20-21,26,38H,3,5,7-11,14,16-17H2,1H3/t20-,26?/m0/s1. The third-order valence-corrected chi connectivity index (χ3v) is 10.6. The lowest BCUT2D eigenvalue weighted by Crippen LogP contribution is -2.51. The number of thiazole rings is 1. The minimum absolute atomic E-state index is 0.0328. The SMILES string of the molecule is Cc1cc(Cl)c(OCCOCc2ncc(C3=C(C(=O)N(Cc4cccc(Cl)c4Cl)C4CC4)C4CCC[C@@H](C3)N4)s2)c(Cl)c1. The van der Waals surface area contributed by atoms with Gasteiger partial charge in [-0.3, -0.25) is 4.79 Å². The van der Waals surface area contributed by atoms with Gasteiger partial charge in [-0.1, -0.05) is 58.5 Å². The number of benzene rings is 2. The van der Waals surface area contributed by atoms with Crippen molar-refractivity contribution in [1.82, 2.24) is 15.2 Å². The maximum absolute atomic E-state index is 14.4. The van der Waals surface area contributed by atoms with E-state index in [9.17, 15) is 4.79 Å². The zero-order chi connectivity index (χ0) is 30.1. The molecule has 0 spiro atoms. The molecule has 2 bridgehead atoms. The van der Waals surface area contributed by atoms with Crippen LogP contribution in [0, 0.1) is 6.92 Å². The normalized spacial score (nSPS) is 19.9. The van der Waals surface area contributed by atoms with Crippen LogP contribution in [0.25, 0.3) is 5.57 Å². The fourth-order valence-electron chi connectivity index (χ4n) is 5.95. The number of amides is 1. The molecule has 2 atom stereocenters. The molecule has 228 valence electrons. The van der Waals surface area contributed by atoms with E-state index in [1.807, 2.05) is 42.3 Å². The number of aryl methyl sites for hydroxylation is 1. The minimum Gasteiger partial charge on any atom is -0.488 e. The molecular formula is C32H33Cl4N3O3S. The maximum Gasteiger partial charge on any atom is 0.252 e. The summed E-state index contributed by atoms with van der Waals surface area (Å²) in [5.74, 6) is 0.552. The molecule has 2 aliphatic heterocycles. The first-order chi connectivity index (χ1) is 20.8. The van der Waals surface area contributed by atoms with Crippen LogP contribution in [0.1, 0.15) is 59.5 Å². The minimum atomic E-state index is 0.0328. The third-order valence-electron chi connectivity index (χ3n) is 8.15. The Morgan fingerprint density at radius 1 is 1.07 bits per heavy atom. The van der Waals surface area contributed by atoms with Gasteiger partial charge in [0.05, 0.1) is 38.2 Å². The molecule has 1 saturated carbocycles. The molecule has 0 radical (unpaired) electrons. The monoisotopic (exact) mass is 679 g/mol. The number of fused-ring (bicyclic) bond motifs is 2. The van der Waals surface area contributed by atoms with Gasteiger partial charge in [0.15, 0.2) is 5.75 Å². The van der Waals surface area contributed by atoms with Gasteiger partial charge in [-0.05, 0) is 80.3 Å². The summed E-state index contributed by atoms with van der Waals surface area (Å²) in [4.78, 5) is 22.1. The lowest BCUT2D eigenvalue weighted by molar-refractivity contribution is -0.128. The van der Waals surface area contributed by atoms with Crippen LogP contribution in [0.2, 0.25) is 20.1 Å². The Labute approximate surface area is 276 Å². The second-order valence-electron chi connectivity index (χ2n) is 11.4. The summed E-state index contributed by atoms with van der Waals surface area (Å²) in [5.41, 5.74) is 3.82. The van der Waals surface area contributed by atoms with Crippen molar-refractivity contribution < 1.29 is 14.3 Å². The molecule has 11 heteroatoms. The van der Waals surface area contributed by atoms with Gasteiger partial charge in [0.2, 0.25) is 0 Å². The van der Waals surface area contributed by atoms with Gasteiger partial charge in [-0.25, -0.2) is 4.98 Å². The number of carbonyl (C=O) groups is 1. The summed E-state index contributed by atoms with van der Waals surface area (Å²) in [6.07, 6.45) is 7.87. The molecule has 1 N–H and O–H groups in total. The number of halogens is 4. The number of ether oxygens (including phenoxy) is 2. The molecule has 2 aromatic carbocycles. The van der Waals surface area contributed by atoms with E-state index in [-0.39, 0.29) is 18.0 Å². The van der Waals surface area contributed by atoms with Crippen molar-refractivity contribution in [2.24, 2.45) is 0 Å². The summed E-state index contributed by atoms with van der Waals surface area (Å²) in [6, 6.07) is 9.86. The van der Waals surface area contributed by atoms with Crippen molar-refractivity contribution in [1.29, 1.82) is 0 Å². The highest BCUT2D eigenvalue weighted by atomic mass is 35.5. The largest absolute Gasteiger partial charge is 0.488 e. The molecule has 3 aliphatic rings. The molecule has 1 aliphatic carbocycles. The molecule has 6 rings (SSSR count). The molecule has 1 unspecified atom stereocenters. The molecule has 3 heterocycles. The summed E-state index contributed by atoms with van der Waals surface area (Å²) in [6.45, 7) is 3.40. The van der Waals surface area contributed by atoms with Crippen molar-refractivity contribution in [3.8, 4) is 5.75 Å². The molecule has 2 fully saturated rings. The van der Waals surface area contributed by atoms with Gasteiger partial charge in [-0.2, -0.15) is 0 Å². The van der Waals surface area contributed by atoms with E-state index in [0.29, 0.717) is 58.2 Å². The van der Waals surface area contributed by atoms with Gasteiger partial charge in [-0.15, -0.1) is 11.3 Å². The molecule has 1 saturated heterocycles. The third kappa shape index (κ3) is 7.19. The van der Waals surface area contributed by atoms with Gasteiger partial charge in [0.25, 0.3) is 5.91 Å². The van der Waals surface area contributed by atoms with Crippen LogP contribution < -0.4 is 10.1 Å². The number of carbonyl (C=O) groups excluding carboxylic acids is 1. The Morgan fingerprint density at radius 3 is 2.63 bits per heavy atom. The molecule has 43 heavy (non-hydrogen) atoms. The second kappa shape index (κ2) is 13.7. The van der Waals surface area contributed by atoms with E-state index in [4.69, 9.17) is 55.9 Å². The Hall–Kier alpha value is -1.84. The topological polar surface area (TPSA) is 63.7 Å². The molecule has 1 amide bonds. The van der Waals surface area contributed by atoms with E-state index < -0.39 is 0 Å². The van der Waals surface area contributed by atoms with Gasteiger partial charge in [0.1, 0.15) is 11.6 Å². The molecule has 1 aromatic heterocycles. The predicted molar refractivity (Wildman–Crippen MR) is 175 cm³/mol. The lowest BCUT2D eigenvalue weighted by atomic mass is 9.81. The highest BCUT2D eigenvalue weighted by Gasteiger charge is 2.41. The van der Waals surface area contributed by atoms with Crippen LogP contribution in [-0.4, -0.2) is 47.1 Å². The number of nitrogens with one attached hydrogen (secondary N) is 1. The average molecular weight is 682 g/mol. The van der Waals surface area contributed by atoms with Crippen molar-refractivity contribution in [3.63, 3.8) is 0 Å². The fourth-order valence-corrected chi connectivity index (χ4v) is 7.96. The van der Waals surface area contributed by atoms with E-state index in [1.54, 1.807) is 17.4 Å². The summed E-state index contributed by atoms with van der Waals surface area (Å²) >= 11 is 27.0. The zero-order valence-electron chi connectivity index (χ0n) is 23.8. The van der Waals surface area contributed by atoms with Crippen molar-refractivity contribution in [2.75, 3.05) is 13.2 Å². The highest BCUT2D eigenvalue weighted by molar-refractivity contribution is 7.12. The van der Waals surface area contributed by atoms with Crippen LogP contribution in [0.3, 0.4) is 0 Å². The van der Waals surface area contributed by atoms with E-state index in [0.717, 1.165) is 70.7 Å². The van der Waals surface area contributed by atoms with Crippen molar-refractivity contribution in [2.45, 2.75) is 76.7 Å². The number of hydrogen-bond acceptors (Lipinski definition) is 6. The van der Waals surface area contributed by atoms with Crippen molar-refractivity contribution in [3.05, 3.63) is 83.2 Å². The van der Waals surface area contributed by atoms with Crippen LogP contribution in [0.4, 0.5) is 0 Å². The van der Waals surface area contributed by atoms with E-state index in [1.165, 1.54) is 0 Å². The number of hydrogen-bond donors (Lipinski definition) is 1. The first-order valence-electron chi connectivity index (χ1n) is 14.6. The maximum atomic E-state index is 14.4. The smallest absolute Gasteiger partial charge is 0.252 e. The van der Waals surface area contributed by atoms with Gasteiger partial charge in [0, 0.05) is 36.4 Å². The van der Waals surface area contributed by atoms with Crippen LogP contribution >= 0.6 is 57.7 Å². The lowest BCUT2D eigenvalue weighted by Gasteiger charge is -2.40. The molecule has 6 nitrogen and oxygen atoms in total. The van der Waals surface area contributed by atoms with Crippen molar-refractivity contribution >= 4 is 69.2 Å². The Bertz CT molecular complexity index is 1520. The average Bonchev–Trinajstić information content (AvgIpc) is 3.71. The molecular weight excluding hydrogens is 648 g/mol. The second-order valence-corrected chi connectivity index (χ2v) is 14.1. The van der Waals surface area contributed by atoms with E-state index in [2.05, 4.69) is 10.3 Å². The number of aromatic nitrogens is 1. The number of rotatable bonds is 11. The number of nitrogens with zero attached hydrogens (tertiary/aromatic N) is 2. The van der Waals surface area contributed by atoms with E-state index >= 15 is 0 Å². The predicted octanol–water partition coefficient (Wildman–Crippen LogP) is 8.52. The summed E-state index contributed by atoms with van der Waals surface area (Å²) < 4.78 is 11.6. The van der Waals surface area contributed by atoms with Crippen LogP contribution in [0.5, 0.6) is 5.75 Å². The first-order valence-corrected chi connectivity index (χ1v) is 17.0. The fraction of sp³-hybridized carbons (Fsp3) is 0.438. The molecule has 3 aromatic rings. The highest BCUT2D eigenvalue weighted by Crippen LogP contribution is 2.41. The summed E-state index contributed by atoms with van der Waals surface area (Å²) in [5, 5.41) is 6.57. The Balaban J connectivity index is 1.17. The van der Waals surface area contributed by atoms with Crippen LogP contribution in [-0.2, 0) is 22.7 Å². The quantitative estimate of drug-likeness (QED) is 0.206. The first kappa shape index (κ1) is 31.2. The van der Waals surface area contributed by atoms with Gasteiger partial charge >= 0.3 is 0 Å². The Kier molecular flexibility index (Phi) is 9.89.